The third-order valence-corrected chi connectivity index (χ3v) is 3.78. The fourth-order valence-corrected chi connectivity index (χ4v) is 2.45. The molecular weight excluding hydrogens is 264 g/mol. The highest BCUT2D eigenvalue weighted by molar-refractivity contribution is 5.79. The lowest BCUT2D eigenvalue weighted by Gasteiger charge is -2.27. The Morgan fingerprint density at radius 3 is 3.05 bits per heavy atom. The van der Waals surface area contributed by atoms with Crippen molar-refractivity contribution in [1.29, 1.82) is 0 Å². The Morgan fingerprint density at radius 1 is 1.60 bits per heavy atom. The molecule has 3 N–H and O–H groups in total. The molecule has 110 valence electrons. The summed E-state index contributed by atoms with van der Waals surface area (Å²) < 4.78 is 4.80. The third-order valence-electron chi connectivity index (χ3n) is 3.78. The molecule has 0 bridgehead atoms. The zero-order valence-electron chi connectivity index (χ0n) is 11.3. The van der Waals surface area contributed by atoms with Crippen molar-refractivity contribution < 1.29 is 19.2 Å². The number of carbonyl (C=O) groups excluding carboxylic acids is 1. The van der Waals surface area contributed by atoms with Gasteiger partial charge in [-0.1, -0.05) is 11.6 Å². The van der Waals surface area contributed by atoms with Crippen LogP contribution in [0.3, 0.4) is 0 Å². The molecule has 1 heterocycles. The molecule has 1 aliphatic carbocycles. The summed E-state index contributed by atoms with van der Waals surface area (Å²) in [5.74, 6) is -0.423. The van der Waals surface area contributed by atoms with E-state index in [1.165, 1.54) is 6.33 Å². The Morgan fingerprint density at radius 2 is 2.40 bits per heavy atom. The molecule has 1 aliphatic rings. The van der Waals surface area contributed by atoms with Crippen LogP contribution in [-0.4, -0.2) is 39.8 Å². The standard InChI is InChI=1S/C12H18N4O4/c1-12(10(17)18)5-2-3-8(12)16-11(19)13-6-4-9-14-7-15-20-9/h7-8H,2-6H2,1H3,(H,17,18)(H2,13,16,19). The molecule has 8 heteroatoms. The molecular formula is C12H18N4O4. The third kappa shape index (κ3) is 3.06. The van der Waals surface area contributed by atoms with Gasteiger partial charge in [0.2, 0.25) is 5.89 Å². The smallest absolute Gasteiger partial charge is 0.315 e. The number of nitrogens with zero attached hydrogens (tertiary/aromatic N) is 2. The van der Waals surface area contributed by atoms with Gasteiger partial charge in [0.15, 0.2) is 6.33 Å². The van der Waals surface area contributed by atoms with E-state index in [9.17, 15) is 14.7 Å². The average Bonchev–Trinajstić information content (AvgIpc) is 3.01. The van der Waals surface area contributed by atoms with Crippen LogP contribution in [0, 0.1) is 5.41 Å². The molecule has 0 radical (unpaired) electrons. The zero-order chi connectivity index (χ0) is 14.6. The van der Waals surface area contributed by atoms with Crippen molar-refractivity contribution >= 4 is 12.0 Å². The largest absolute Gasteiger partial charge is 0.481 e. The van der Waals surface area contributed by atoms with Crippen LogP contribution in [-0.2, 0) is 11.2 Å². The van der Waals surface area contributed by atoms with E-state index < -0.39 is 11.4 Å². The maximum absolute atomic E-state index is 11.8. The number of carbonyl (C=O) groups is 2. The molecule has 1 aromatic rings. The quantitative estimate of drug-likeness (QED) is 0.726. The van der Waals surface area contributed by atoms with Gasteiger partial charge in [-0.05, 0) is 19.8 Å². The molecule has 0 aliphatic heterocycles. The number of aromatic nitrogens is 2. The number of hydrogen-bond donors (Lipinski definition) is 3. The molecule has 2 unspecified atom stereocenters. The molecule has 8 nitrogen and oxygen atoms in total. The highest BCUT2D eigenvalue weighted by atomic mass is 16.5. The lowest BCUT2D eigenvalue weighted by Crippen LogP contribution is -2.50. The molecule has 0 aromatic carbocycles. The van der Waals surface area contributed by atoms with E-state index >= 15 is 0 Å². The first-order chi connectivity index (χ1) is 9.52. The first-order valence-electron chi connectivity index (χ1n) is 6.55. The number of hydrogen-bond acceptors (Lipinski definition) is 5. The predicted octanol–water partition coefficient (Wildman–Crippen LogP) is 0.555. The Balaban J connectivity index is 1.78. The Hall–Kier alpha value is -2.12. The first kappa shape index (κ1) is 14.3. The summed E-state index contributed by atoms with van der Waals surface area (Å²) in [4.78, 5) is 26.9. The van der Waals surface area contributed by atoms with Crippen LogP contribution in [0.25, 0.3) is 0 Å². The number of nitrogens with one attached hydrogen (secondary N) is 2. The van der Waals surface area contributed by atoms with Gasteiger partial charge in [0.1, 0.15) is 0 Å². The summed E-state index contributed by atoms with van der Waals surface area (Å²) >= 11 is 0. The topological polar surface area (TPSA) is 117 Å². The first-order valence-corrected chi connectivity index (χ1v) is 6.55. The number of rotatable bonds is 5. The second-order valence-electron chi connectivity index (χ2n) is 5.15. The summed E-state index contributed by atoms with van der Waals surface area (Å²) in [6, 6.07) is -0.715. The van der Waals surface area contributed by atoms with Gasteiger partial charge in [0.05, 0.1) is 5.41 Å². The van der Waals surface area contributed by atoms with Crippen molar-refractivity contribution in [3.05, 3.63) is 12.2 Å². The normalized spacial score (nSPS) is 25.4. The van der Waals surface area contributed by atoms with Crippen molar-refractivity contribution in [1.82, 2.24) is 20.8 Å². The van der Waals surface area contributed by atoms with Crippen molar-refractivity contribution in [2.75, 3.05) is 6.54 Å². The number of carboxylic acid groups (broad SMARTS) is 1. The van der Waals surface area contributed by atoms with Crippen LogP contribution in [0.2, 0.25) is 0 Å². The lowest BCUT2D eigenvalue weighted by atomic mass is 9.85. The molecule has 1 aromatic heterocycles. The van der Waals surface area contributed by atoms with Gasteiger partial charge in [-0.2, -0.15) is 4.98 Å². The monoisotopic (exact) mass is 282 g/mol. The minimum Gasteiger partial charge on any atom is -0.481 e. The highest BCUT2D eigenvalue weighted by Gasteiger charge is 2.45. The van der Waals surface area contributed by atoms with E-state index in [1.807, 2.05) is 0 Å². The summed E-state index contributed by atoms with van der Waals surface area (Å²) in [6.07, 6.45) is 3.80. The fourth-order valence-electron chi connectivity index (χ4n) is 2.45. The highest BCUT2D eigenvalue weighted by Crippen LogP contribution is 2.38. The maximum atomic E-state index is 11.8. The van der Waals surface area contributed by atoms with Crippen LogP contribution in [0.4, 0.5) is 4.79 Å². The van der Waals surface area contributed by atoms with Gasteiger partial charge in [-0.3, -0.25) is 4.79 Å². The Labute approximate surface area is 115 Å². The summed E-state index contributed by atoms with van der Waals surface area (Å²) in [5.41, 5.74) is -0.885. The predicted molar refractivity (Wildman–Crippen MR) is 67.9 cm³/mol. The number of amides is 2. The molecule has 2 atom stereocenters. The number of urea groups is 1. The molecule has 1 fully saturated rings. The molecule has 0 saturated heterocycles. The van der Waals surface area contributed by atoms with E-state index in [-0.39, 0.29) is 12.1 Å². The molecule has 1 saturated carbocycles. The van der Waals surface area contributed by atoms with Gasteiger partial charge >= 0.3 is 12.0 Å². The van der Waals surface area contributed by atoms with Gasteiger partial charge < -0.3 is 20.3 Å². The lowest BCUT2D eigenvalue weighted by molar-refractivity contribution is -0.148. The van der Waals surface area contributed by atoms with Crippen molar-refractivity contribution in [2.24, 2.45) is 5.41 Å². The summed E-state index contributed by atoms with van der Waals surface area (Å²) in [6.45, 7) is 2.02. The summed E-state index contributed by atoms with van der Waals surface area (Å²) in [7, 11) is 0. The van der Waals surface area contributed by atoms with Crippen LogP contribution in [0.5, 0.6) is 0 Å². The second-order valence-corrected chi connectivity index (χ2v) is 5.15. The molecule has 2 rings (SSSR count). The minimum absolute atomic E-state index is 0.344. The molecule has 0 spiro atoms. The molecule has 20 heavy (non-hydrogen) atoms. The van der Waals surface area contributed by atoms with Crippen LogP contribution in [0.1, 0.15) is 32.1 Å². The number of aliphatic carboxylic acids is 1. The average molecular weight is 282 g/mol. The second kappa shape index (κ2) is 5.89. The van der Waals surface area contributed by atoms with Crippen molar-refractivity contribution in [3.8, 4) is 0 Å². The van der Waals surface area contributed by atoms with Crippen molar-refractivity contribution in [2.45, 2.75) is 38.6 Å². The van der Waals surface area contributed by atoms with Crippen LogP contribution in [0.15, 0.2) is 10.9 Å². The van der Waals surface area contributed by atoms with Gasteiger partial charge in [-0.15, -0.1) is 0 Å². The van der Waals surface area contributed by atoms with E-state index in [2.05, 4.69) is 20.8 Å². The molecule has 2 amide bonds. The van der Waals surface area contributed by atoms with E-state index in [4.69, 9.17) is 4.52 Å². The van der Waals surface area contributed by atoms with Crippen molar-refractivity contribution in [3.63, 3.8) is 0 Å². The fraction of sp³-hybridized carbons (Fsp3) is 0.667. The van der Waals surface area contributed by atoms with Gasteiger partial charge in [0.25, 0.3) is 0 Å². The Bertz CT molecular complexity index is 476. The van der Waals surface area contributed by atoms with E-state index in [0.29, 0.717) is 31.7 Å². The SMILES string of the molecule is CC1(C(=O)O)CCCC1NC(=O)NCCc1ncno1. The van der Waals surface area contributed by atoms with Gasteiger partial charge in [-0.25, -0.2) is 4.79 Å². The van der Waals surface area contributed by atoms with Crippen LogP contribution >= 0.6 is 0 Å². The van der Waals surface area contributed by atoms with E-state index in [0.717, 1.165) is 6.42 Å². The zero-order valence-corrected chi connectivity index (χ0v) is 11.3. The van der Waals surface area contributed by atoms with Gasteiger partial charge in [0, 0.05) is 19.0 Å². The van der Waals surface area contributed by atoms with Crippen LogP contribution < -0.4 is 10.6 Å². The summed E-state index contributed by atoms with van der Waals surface area (Å²) in [5, 5.41) is 18.1. The number of carboxylic acids is 1. The van der Waals surface area contributed by atoms with E-state index in [1.54, 1.807) is 6.92 Å². The maximum Gasteiger partial charge on any atom is 0.315 e. The minimum atomic E-state index is -0.885. The Kier molecular flexibility index (Phi) is 4.21.